The summed E-state index contributed by atoms with van der Waals surface area (Å²) in [5.74, 6) is 0. The first-order valence-electron chi connectivity index (χ1n) is 20.2. The van der Waals surface area contributed by atoms with Gasteiger partial charge in [0.15, 0.2) is 0 Å². The molecule has 0 N–H and O–H groups in total. The summed E-state index contributed by atoms with van der Waals surface area (Å²) in [6.45, 7) is 4.80. The summed E-state index contributed by atoms with van der Waals surface area (Å²) in [5, 5.41) is 7.92. The number of hydrogen-bond donors (Lipinski definition) is 0. The molecule has 0 spiro atoms. The predicted molar refractivity (Wildman–Crippen MR) is 242 cm³/mol. The molecule has 3 aliphatic carbocycles. The smallest absolute Gasteiger partial charge is 0.0159 e. The molecule has 0 unspecified atom stereocenters. The van der Waals surface area contributed by atoms with Crippen LogP contribution in [0.3, 0.4) is 0 Å². The fourth-order valence-electron chi connectivity index (χ4n) is 10.8. The van der Waals surface area contributed by atoms with Crippen LogP contribution in [0, 0.1) is 0 Å². The topological polar surface area (TPSA) is 0 Å². The third kappa shape index (κ3) is 4.17. The van der Waals surface area contributed by atoms with Crippen molar-refractivity contribution >= 4 is 32.3 Å². The molecule has 0 aliphatic heterocycles. The maximum atomic E-state index is 2.47. The molecule has 0 bridgehead atoms. The molecule has 0 saturated carbocycles. The van der Waals surface area contributed by atoms with Crippen LogP contribution in [-0.4, -0.2) is 0 Å². The lowest BCUT2D eigenvalue weighted by Gasteiger charge is -2.23. The molecule has 0 radical (unpaired) electrons. The molecule has 0 heterocycles. The molecule has 264 valence electrons. The van der Waals surface area contributed by atoms with Crippen LogP contribution in [0.25, 0.3) is 121 Å². The van der Waals surface area contributed by atoms with Gasteiger partial charge in [-0.15, -0.1) is 0 Å². The summed E-state index contributed by atoms with van der Waals surface area (Å²) in [6.07, 6.45) is 0. The minimum atomic E-state index is -0.130. The van der Waals surface area contributed by atoms with Gasteiger partial charge in [-0.05, 0) is 157 Å². The Bertz CT molecular complexity index is 3370. The van der Waals surface area contributed by atoms with Crippen LogP contribution in [-0.2, 0) is 5.41 Å². The van der Waals surface area contributed by atoms with Gasteiger partial charge in [0.05, 0.1) is 0 Å². The van der Waals surface area contributed by atoms with Crippen molar-refractivity contribution in [2.24, 2.45) is 0 Å². The fourth-order valence-corrected chi connectivity index (χ4v) is 10.8. The van der Waals surface area contributed by atoms with E-state index in [1.807, 2.05) is 0 Å². The highest BCUT2D eigenvalue weighted by atomic mass is 14.4. The van der Waals surface area contributed by atoms with Crippen molar-refractivity contribution in [2.45, 2.75) is 19.3 Å². The molecule has 0 atom stereocenters. The first-order valence-corrected chi connectivity index (χ1v) is 20.2. The van der Waals surface area contributed by atoms with E-state index in [2.05, 4.69) is 196 Å². The molecule has 0 heteroatoms. The van der Waals surface area contributed by atoms with Crippen molar-refractivity contribution in [1.29, 1.82) is 0 Å². The van der Waals surface area contributed by atoms with Gasteiger partial charge in [-0.3, -0.25) is 0 Å². The molecular formula is C57H36. The third-order valence-corrected chi connectivity index (χ3v) is 13.6. The van der Waals surface area contributed by atoms with Crippen molar-refractivity contribution in [1.82, 2.24) is 0 Å². The summed E-state index contributed by atoms with van der Waals surface area (Å²) < 4.78 is 0. The lowest BCUT2D eigenvalue weighted by atomic mass is 9.80. The van der Waals surface area contributed by atoms with Gasteiger partial charge in [-0.25, -0.2) is 0 Å². The summed E-state index contributed by atoms with van der Waals surface area (Å²) in [7, 11) is 0. The summed E-state index contributed by atoms with van der Waals surface area (Å²) >= 11 is 0. The van der Waals surface area contributed by atoms with E-state index < -0.39 is 0 Å². The van der Waals surface area contributed by atoms with E-state index >= 15 is 0 Å². The molecule has 0 amide bonds. The van der Waals surface area contributed by atoms with Crippen molar-refractivity contribution in [3.8, 4) is 89.0 Å². The lowest BCUT2D eigenvalue weighted by Crippen LogP contribution is -2.15. The van der Waals surface area contributed by atoms with Gasteiger partial charge in [0.2, 0.25) is 0 Å². The quantitative estimate of drug-likeness (QED) is 0.170. The second-order valence-electron chi connectivity index (χ2n) is 16.8. The van der Waals surface area contributed by atoms with Gasteiger partial charge in [0, 0.05) is 5.41 Å². The first-order chi connectivity index (χ1) is 28.0. The Morgan fingerprint density at radius 2 is 0.614 bits per heavy atom. The average molecular weight is 721 g/mol. The lowest BCUT2D eigenvalue weighted by molar-refractivity contribution is 0.661. The van der Waals surface area contributed by atoms with E-state index in [4.69, 9.17) is 0 Å². The molecule has 3 aliphatic rings. The predicted octanol–water partition coefficient (Wildman–Crippen LogP) is 15.7. The summed E-state index contributed by atoms with van der Waals surface area (Å²) in [4.78, 5) is 0. The Labute approximate surface area is 332 Å². The van der Waals surface area contributed by atoms with Crippen LogP contribution >= 0.6 is 0 Å². The molecule has 13 rings (SSSR count). The minimum Gasteiger partial charge on any atom is -0.0616 e. The zero-order valence-corrected chi connectivity index (χ0v) is 31.8. The summed E-state index contributed by atoms with van der Waals surface area (Å²) in [5.41, 5.74) is 23.7. The Hall–Kier alpha value is -7.02. The summed E-state index contributed by atoms with van der Waals surface area (Å²) in [6, 6.07) is 68.8. The standard InChI is InChI=1S/C57H36/c1-57(2)53-31-36(21-23-45(53)46-24-22-38(32-54(46)57)40-26-28-52-44-12-6-4-10-42(44)50-16-8-14-48(40)56(50)52)34-17-18-35-30-37(20-19-33(35)29-34)39-25-27-51-43-11-5-3-9-41(43)49-15-7-13-47(39)55(49)51/h3-32H,1-2H3. The van der Waals surface area contributed by atoms with Gasteiger partial charge in [0.1, 0.15) is 0 Å². The van der Waals surface area contributed by atoms with E-state index in [-0.39, 0.29) is 5.41 Å². The number of benzene rings is 10. The molecule has 57 heavy (non-hydrogen) atoms. The van der Waals surface area contributed by atoms with Crippen molar-refractivity contribution in [2.75, 3.05) is 0 Å². The number of hydrogen-bond acceptors (Lipinski definition) is 0. The molecule has 0 saturated heterocycles. The Morgan fingerprint density at radius 3 is 1.16 bits per heavy atom. The van der Waals surface area contributed by atoms with Crippen LogP contribution < -0.4 is 0 Å². The Balaban J connectivity index is 0.852. The molecule has 0 aromatic heterocycles. The van der Waals surface area contributed by atoms with Crippen molar-refractivity contribution in [3.05, 3.63) is 193 Å². The van der Waals surface area contributed by atoms with E-state index in [1.165, 1.54) is 132 Å². The van der Waals surface area contributed by atoms with E-state index in [0.717, 1.165) is 0 Å². The highest BCUT2D eigenvalue weighted by molar-refractivity contribution is 6.20. The van der Waals surface area contributed by atoms with Gasteiger partial charge in [-0.1, -0.05) is 172 Å². The number of rotatable bonds is 3. The molecule has 10 aromatic carbocycles. The Morgan fingerprint density at radius 1 is 0.263 bits per heavy atom. The molecule has 0 nitrogen and oxygen atoms in total. The van der Waals surface area contributed by atoms with Gasteiger partial charge < -0.3 is 0 Å². The average Bonchev–Trinajstić information content (AvgIpc) is 3.85. The monoisotopic (exact) mass is 720 g/mol. The van der Waals surface area contributed by atoms with Crippen LogP contribution in [0.4, 0.5) is 0 Å². The zero-order valence-electron chi connectivity index (χ0n) is 31.8. The van der Waals surface area contributed by atoms with Crippen molar-refractivity contribution < 1.29 is 0 Å². The van der Waals surface area contributed by atoms with Gasteiger partial charge in [0.25, 0.3) is 0 Å². The Kier molecular flexibility index (Phi) is 6.06. The third-order valence-electron chi connectivity index (χ3n) is 13.6. The van der Waals surface area contributed by atoms with Crippen LogP contribution in [0.5, 0.6) is 0 Å². The highest BCUT2D eigenvalue weighted by Gasteiger charge is 2.36. The van der Waals surface area contributed by atoms with Crippen molar-refractivity contribution in [3.63, 3.8) is 0 Å². The zero-order chi connectivity index (χ0) is 37.6. The largest absolute Gasteiger partial charge is 0.0616 e. The first kappa shape index (κ1) is 31.2. The second-order valence-corrected chi connectivity index (χ2v) is 16.8. The normalized spacial score (nSPS) is 13.6. The molecular weight excluding hydrogens is 685 g/mol. The maximum Gasteiger partial charge on any atom is 0.0159 e. The van der Waals surface area contributed by atoms with E-state index in [0.29, 0.717) is 0 Å². The van der Waals surface area contributed by atoms with Gasteiger partial charge in [-0.2, -0.15) is 0 Å². The second kappa shape index (κ2) is 11.1. The van der Waals surface area contributed by atoms with Crippen LogP contribution in [0.1, 0.15) is 25.0 Å². The molecule has 10 aromatic rings. The minimum absolute atomic E-state index is 0.130. The van der Waals surface area contributed by atoms with Gasteiger partial charge >= 0.3 is 0 Å². The maximum absolute atomic E-state index is 2.47. The number of fused-ring (bicyclic) bond motifs is 10. The van der Waals surface area contributed by atoms with E-state index in [9.17, 15) is 0 Å². The molecule has 0 fully saturated rings. The SMILES string of the molecule is CC1(C)c2cc(-c3ccc4cc(-c5ccc6c7c(cccc57)-c5ccccc5-6)ccc4c3)ccc2-c2ccc(-c3ccc4c5c(cccc35)-c3ccccc3-4)cc21. The van der Waals surface area contributed by atoms with E-state index in [1.54, 1.807) is 0 Å². The fraction of sp³-hybridized carbons (Fsp3) is 0.0526. The highest BCUT2D eigenvalue weighted by Crippen LogP contribution is 2.54. The van der Waals surface area contributed by atoms with Crippen LogP contribution in [0.2, 0.25) is 0 Å². The van der Waals surface area contributed by atoms with Crippen LogP contribution in [0.15, 0.2) is 182 Å².